The summed E-state index contributed by atoms with van der Waals surface area (Å²) >= 11 is 0. The second-order valence-electron chi connectivity index (χ2n) is 12.8. The molecule has 0 spiro atoms. The zero-order chi connectivity index (χ0) is 31.9. The van der Waals surface area contributed by atoms with Crippen LogP contribution in [0.3, 0.4) is 0 Å². The van der Waals surface area contributed by atoms with E-state index in [2.05, 4.69) is 29.3 Å². The van der Waals surface area contributed by atoms with E-state index in [0.29, 0.717) is 23.1 Å². The maximum absolute atomic E-state index is 13.3. The molecule has 1 atom stereocenters. The van der Waals surface area contributed by atoms with Crippen LogP contribution in [0, 0.1) is 0 Å². The van der Waals surface area contributed by atoms with Crippen LogP contribution < -0.4 is 5.32 Å². The monoisotopic (exact) mass is 620 g/mol. The number of hydrogen-bond donors (Lipinski definition) is 1. The highest BCUT2D eigenvalue weighted by molar-refractivity contribution is 6.01. The predicted octanol–water partition coefficient (Wildman–Crippen LogP) is 8.18. The van der Waals surface area contributed by atoms with Gasteiger partial charge in [-0.1, -0.05) is 67.6 Å². The lowest BCUT2D eigenvalue weighted by Gasteiger charge is -2.34. The minimum atomic E-state index is -4.41. The molecular weight excluding hydrogens is 577 g/mol. The first-order valence-corrected chi connectivity index (χ1v) is 16.2. The van der Waals surface area contributed by atoms with Crippen molar-refractivity contribution in [3.8, 4) is 11.1 Å². The first-order valence-electron chi connectivity index (χ1n) is 16.2. The van der Waals surface area contributed by atoms with Crippen LogP contribution in [-0.2, 0) is 21.1 Å². The van der Waals surface area contributed by atoms with Crippen LogP contribution in [-0.4, -0.2) is 48.6 Å². The summed E-state index contributed by atoms with van der Waals surface area (Å²) in [7, 11) is 0. The Morgan fingerprint density at radius 1 is 0.844 bits per heavy atom. The second-order valence-corrected chi connectivity index (χ2v) is 12.8. The lowest BCUT2D eigenvalue weighted by atomic mass is 9.76. The van der Waals surface area contributed by atoms with Crippen molar-refractivity contribution in [3.63, 3.8) is 0 Å². The Morgan fingerprint density at radius 3 is 2.16 bits per heavy atom. The highest BCUT2D eigenvalue weighted by atomic mass is 19.4. The van der Waals surface area contributed by atoms with E-state index in [9.17, 15) is 22.8 Å². The van der Waals surface area contributed by atoms with E-state index < -0.39 is 11.7 Å². The number of amides is 1. The number of halogens is 3. The third-order valence-corrected chi connectivity index (χ3v) is 9.43. The highest BCUT2D eigenvalue weighted by Crippen LogP contribution is 2.35. The van der Waals surface area contributed by atoms with Gasteiger partial charge in [-0.05, 0) is 92.8 Å². The number of hydrogen-bond acceptors (Lipinski definition) is 4. The minimum absolute atomic E-state index is 0.0225. The first kappa shape index (κ1) is 32.7. The number of ether oxygens (including phenoxy) is 1. The topological polar surface area (TPSA) is 58.6 Å². The molecule has 1 aliphatic carbocycles. The molecule has 1 amide bonds. The van der Waals surface area contributed by atoms with Crippen LogP contribution in [0.4, 0.5) is 13.2 Å². The molecule has 0 radical (unpaired) electrons. The summed E-state index contributed by atoms with van der Waals surface area (Å²) in [6.07, 6.45) is 3.67. The average Bonchev–Trinajstić information content (AvgIpc) is 3.55. The molecule has 5 rings (SSSR count). The number of piperidine rings is 1. The Balaban J connectivity index is 1.12. The fourth-order valence-corrected chi connectivity index (χ4v) is 6.76. The van der Waals surface area contributed by atoms with E-state index in [1.165, 1.54) is 12.1 Å². The van der Waals surface area contributed by atoms with Crippen molar-refractivity contribution in [2.75, 3.05) is 19.6 Å². The SMILES string of the molecule is CC(CCCN1CCC(NC(=O)c2ccccc2-c2ccc(C(F)(F)F)cc2)CC1)(CC(=O)OC1CCCC1)c1ccccc1. The molecule has 8 heteroatoms. The Hall–Kier alpha value is -3.65. The van der Waals surface area contributed by atoms with E-state index in [4.69, 9.17) is 4.74 Å². The normalized spacial score (nSPS) is 18.0. The van der Waals surface area contributed by atoms with E-state index in [1.807, 2.05) is 18.2 Å². The summed E-state index contributed by atoms with van der Waals surface area (Å²) in [4.78, 5) is 28.6. The van der Waals surface area contributed by atoms with Gasteiger partial charge in [-0.15, -0.1) is 0 Å². The van der Waals surface area contributed by atoms with Crippen LogP contribution in [0.1, 0.15) is 86.2 Å². The molecule has 240 valence electrons. The summed E-state index contributed by atoms with van der Waals surface area (Å²) in [5, 5.41) is 3.16. The van der Waals surface area contributed by atoms with Crippen LogP contribution in [0.25, 0.3) is 11.1 Å². The van der Waals surface area contributed by atoms with Crippen molar-refractivity contribution in [3.05, 3.63) is 95.6 Å². The van der Waals surface area contributed by atoms with Gasteiger partial charge in [-0.2, -0.15) is 13.2 Å². The molecule has 45 heavy (non-hydrogen) atoms. The van der Waals surface area contributed by atoms with Crippen molar-refractivity contribution in [2.45, 2.75) is 88.4 Å². The summed E-state index contributed by atoms with van der Waals surface area (Å²) in [6.45, 7) is 4.80. The number of likely N-dealkylation sites (tertiary alicyclic amines) is 1. The molecule has 3 aromatic rings. The van der Waals surface area contributed by atoms with Gasteiger partial charge in [-0.3, -0.25) is 9.59 Å². The number of nitrogens with zero attached hydrogens (tertiary/aromatic N) is 1. The Morgan fingerprint density at radius 2 is 1.49 bits per heavy atom. The van der Waals surface area contributed by atoms with Gasteiger partial charge in [0.2, 0.25) is 0 Å². The number of carbonyl (C=O) groups excluding carboxylic acids is 2. The summed E-state index contributed by atoms with van der Waals surface area (Å²) in [5.41, 5.74) is 1.76. The van der Waals surface area contributed by atoms with Crippen LogP contribution in [0.5, 0.6) is 0 Å². The van der Waals surface area contributed by atoms with Crippen molar-refractivity contribution in [1.82, 2.24) is 10.2 Å². The smallest absolute Gasteiger partial charge is 0.416 e. The number of nitrogens with one attached hydrogen (secondary N) is 1. The quantitative estimate of drug-likeness (QED) is 0.220. The number of carbonyl (C=O) groups is 2. The van der Waals surface area contributed by atoms with Gasteiger partial charge in [0.25, 0.3) is 5.91 Å². The second kappa shape index (κ2) is 14.6. The fourth-order valence-electron chi connectivity index (χ4n) is 6.76. The van der Waals surface area contributed by atoms with E-state index >= 15 is 0 Å². The number of alkyl halides is 3. The molecule has 2 fully saturated rings. The zero-order valence-electron chi connectivity index (χ0n) is 26.0. The molecule has 1 heterocycles. The summed E-state index contributed by atoms with van der Waals surface area (Å²) in [5.74, 6) is -0.322. The molecule has 1 aliphatic heterocycles. The molecule has 1 saturated heterocycles. The van der Waals surface area contributed by atoms with E-state index in [1.54, 1.807) is 24.3 Å². The Bertz CT molecular complexity index is 1410. The molecule has 1 unspecified atom stereocenters. The van der Waals surface area contributed by atoms with Crippen LogP contribution in [0.15, 0.2) is 78.9 Å². The van der Waals surface area contributed by atoms with Gasteiger partial charge in [0, 0.05) is 30.1 Å². The van der Waals surface area contributed by atoms with Crippen LogP contribution >= 0.6 is 0 Å². The molecule has 0 aromatic heterocycles. The van der Waals surface area contributed by atoms with Gasteiger partial charge in [0.15, 0.2) is 0 Å². The lowest BCUT2D eigenvalue weighted by Crippen LogP contribution is -2.45. The molecule has 5 nitrogen and oxygen atoms in total. The standard InChI is InChI=1S/C37H43F3N2O3/c1-36(28-10-3-2-4-11-28,26-34(43)45-31-12-5-6-13-31)22-9-23-42-24-20-30(21-25-42)41-35(44)33-15-8-7-14-32(33)27-16-18-29(19-17-27)37(38,39)40/h2-4,7-8,10-11,14-19,30-31H,5-6,9,12-13,20-26H2,1H3,(H,41,44). The van der Waals surface area contributed by atoms with Gasteiger partial charge >= 0.3 is 12.1 Å². The van der Waals surface area contributed by atoms with Crippen molar-refractivity contribution >= 4 is 11.9 Å². The largest absolute Gasteiger partial charge is 0.462 e. The Labute approximate surface area is 264 Å². The number of esters is 1. The van der Waals surface area contributed by atoms with Gasteiger partial charge in [0.05, 0.1) is 12.0 Å². The zero-order valence-corrected chi connectivity index (χ0v) is 26.0. The Kier molecular flexibility index (Phi) is 10.6. The molecule has 1 saturated carbocycles. The van der Waals surface area contributed by atoms with Crippen molar-refractivity contribution < 1.29 is 27.5 Å². The molecule has 2 aliphatic rings. The minimum Gasteiger partial charge on any atom is -0.462 e. The van der Waals surface area contributed by atoms with Crippen molar-refractivity contribution in [1.29, 1.82) is 0 Å². The predicted molar refractivity (Wildman–Crippen MR) is 170 cm³/mol. The highest BCUT2D eigenvalue weighted by Gasteiger charge is 2.33. The third-order valence-electron chi connectivity index (χ3n) is 9.43. The van der Waals surface area contributed by atoms with Gasteiger partial charge < -0.3 is 15.0 Å². The van der Waals surface area contributed by atoms with Gasteiger partial charge in [-0.25, -0.2) is 0 Å². The third kappa shape index (κ3) is 8.75. The van der Waals surface area contributed by atoms with Crippen LogP contribution in [0.2, 0.25) is 0 Å². The fraction of sp³-hybridized carbons (Fsp3) is 0.459. The average molecular weight is 621 g/mol. The summed E-state index contributed by atoms with van der Waals surface area (Å²) < 4.78 is 44.9. The molecule has 1 N–H and O–H groups in total. The van der Waals surface area contributed by atoms with Crippen molar-refractivity contribution in [2.24, 2.45) is 0 Å². The van der Waals surface area contributed by atoms with E-state index in [0.717, 1.165) is 88.7 Å². The molecular formula is C37H43F3N2O3. The summed E-state index contributed by atoms with van der Waals surface area (Å²) in [6, 6.07) is 22.2. The van der Waals surface area contributed by atoms with Gasteiger partial charge in [0.1, 0.15) is 6.10 Å². The molecule has 3 aromatic carbocycles. The lowest BCUT2D eigenvalue weighted by molar-refractivity contribution is -0.150. The molecule has 0 bridgehead atoms. The number of benzene rings is 3. The first-order chi connectivity index (χ1) is 21.6. The number of rotatable bonds is 11. The maximum atomic E-state index is 13.3. The van der Waals surface area contributed by atoms with E-state index in [-0.39, 0.29) is 29.4 Å². The maximum Gasteiger partial charge on any atom is 0.416 e.